The van der Waals surface area contributed by atoms with E-state index in [2.05, 4.69) is 38.8 Å². The smallest absolute Gasteiger partial charge is 0.170 e. The molecule has 0 N–H and O–H groups in total. The van der Waals surface area contributed by atoms with Crippen LogP contribution in [0.3, 0.4) is 0 Å². The quantitative estimate of drug-likeness (QED) is 0.509. The van der Waals surface area contributed by atoms with E-state index < -0.39 is 9.04 Å². The average molecular weight is 281 g/mol. The molecule has 1 aliphatic carbocycles. The molecule has 1 nitrogen and oxygen atoms in total. The Morgan fingerprint density at radius 1 is 1.21 bits per heavy atom. The van der Waals surface area contributed by atoms with Gasteiger partial charge in [0.2, 0.25) is 0 Å². The second kappa shape index (κ2) is 9.61. The highest BCUT2D eigenvalue weighted by atomic mass is 28.3. The first-order valence-corrected chi connectivity index (χ1v) is 11.0. The van der Waals surface area contributed by atoms with E-state index >= 15 is 0 Å². The molecule has 0 aromatic rings. The summed E-state index contributed by atoms with van der Waals surface area (Å²) in [7, 11) is -0.864. The Kier molecular flexibility index (Phi) is 8.49. The summed E-state index contributed by atoms with van der Waals surface area (Å²) >= 11 is 0. The van der Waals surface area contributed by atoms with E-state index in [-0.39, 0.29) is 0 Å². The van der Waals surface area contributed by atoms with Crippen LogP contribution >= 0.6 is 0 Å². The molecule has 110 valence electrons. The Morgan fingerprint density at radius 2 is 1.89 bits per heavy atom. The maximum absolute atomic E-state index is 5.89. The first-order valence-electron chi connectivity index (χ1n) is 8.23. The first kappa shape index (κ1) is 16.8. The van der Waals surface area contributed by atoms with Gasteiger partial charge in [-0.1, -0.05) is 39.0 Å². The van der Waals surface area contributed by atoms with Crippen LogP contribution in [0.2, 0.25) is 13.1 Å². The second-order valence-corrected chi connectivity index (χ2v) is 8.83. The average Bonchev–Trinajstić information content (AvgIpc) is 2.42. The van der Waals surface area contributed by atoms with Crippen molar-refractivity contribution in [2.24, 2.45) is 17.8 Å². The fourth-order valence-electron chi connectivity index (χ4n) is 3.00. The summed E-state index contributed by atoms with van der Waals surface area (Å²) in [5, 5.41) is 0. The molecule has 0 saturated heterocycles. The largest absolute Gasteiger partial charge is 0.420 e. The minimum atomic E-state index is -0.864. The molecule has 0 spiro atoms. The van der Waals surface area contributed by atoms with Crippen molar-refractivity contribution in [3.05, 3.63) is 0 Å². The fourth-order valence-corrected chi connectivity index (χ4v) is 3.71. The monoisotopic (exact) mass is 280 g/mol. The second-order valence-electron chi connectivity index (χ2n) is 6.40. The van der Waals surface area contributed by atoms with Gasteiger partial charge in [0.1, 0.15) is 0 Å². The van der Waals surface area contributed by atoms with E-state index in [0.29, 0.717) is 11.8 Å². The topological polar surface area (TPSA) is 9.23 Å². The van der Waals surface area contributed by atoms with Crippen molar-refractivity contribution in [3.63, 3.8) is 0 Å². The summed E-state index contributed by atoms with van der Waals surface area (Å²) in [4.78, 5) is 0. The molecule has 0 aliphatic heterocycles. The summed E-state index contributed by atoms with van der Waals surface area (Å²) in [5.74, 6) is 9.03. The van der Waals surface area contributed by atoms with Gasteiger partial charge in [0, 0.05) is 18.9 Å². The lowest BCUT2D eigenvalue weighted by molar-refractivity contribution is 0.209. The molecule has 19 heavy (non-hydrogen) atoms. The van der Waals surface area contributed by atoms with E-state index in [1.807, 2.05) is 0 Å². The Balaban J connectivity index is 2.48. The Labute approximate surface area is 122 Å². The molecule has 0 aromatic heterocycles. The predicted octanol–water partition coefficient (Wildman–Crippen LogP) is 4.62. The van der Waals surface area contributed by atoms with Crippen LogP contribution in [0.5, 0.6) is 0 Å². The van der Waals surface area contributed by atoms with Crippen molar-refractivity contribution >= 4 is 9.04 Å². The van der Waals surface area contributed by atoms with Crippen molar-refractivity contribution < 1.29 is 4.43 Å². The van der Waals surface area contributed by atoms with Crippen molar-refractivity contribution in [3.8, 4) is 11.8 Å². The minimum absolute atomic E-state index is 0.618. The molecule has 2 heteroatoms. The van der Waals surface area contributed by atoms with Gasteiger partial charge in [0.15, 0.2) is 9.04 Å². The van der Waals surface area contributed by atoms with Gasteiger partial charge in [0.05, 0.1) is 0 Å². The zero-order valence-corrected chi connectivity index (χ0v) is 14.5. The molecule has 1 aliphatic rings. The maximum Gasteiger partial charge on any atom is 0.170 e. The summed E-state index contributed by atoms with van der Waals surface area (Å²) in [6.45, 7) is 9.94. The van der Waals surface area contributed by atoms with E-state index in [1.165, 1.54) is 38.5 Å². The highest BCUT2D eigenvalue weighted by molar-refractivity contribution is 6.48. The highest BCUT2D eigenvalue weighted by Crippen LogP contribution is 2.33. The maximum atomic E-state index is 5.89. The van der Waals surface area contributed by atoms with E-state index in [0.717, 1.165) is 18.9 Å². The van der Waals surface area contributed by atoms with Gasteiger partial charge in [0.25, 0.3) is 0 Å². The molecule has 1 saturated carbocycles. The summed E-state index contributed by atoms with van der Waals surface area (Å²) < 4.78 is 5.89. The molecule has 2 atom stereocenters. The third-order valence-corrected chi connectivity index (χ3v) is 4.91. The normalized spacial score (nSPS) is 19.8. The molecule has 0 amide bonds. The van der Waals surface area contributed by atoms with Crippen LogP contribution in [0.1, 0.15) is 58.8 Å². The SMILES string of the molecule is CCC#CC(CC(C)CO[SiH](C)C)C1CCCCC1. The molecule has 2 unspecified atom stereocenters. The Bertz CT molecular complexity index is 283. The van der Waals surface area contributed by atoms with Gasteiger partial charge < -0.3 is 4.43 Å². The molecule has 0 aromatic carbocycles. The zero-order valence-electron chi connectivity index (χ0n) is 13.4. The molecule has 1 fully saturated rings. The number of rotatable bonds is 6. The lowest BCUT2D eigenvalue weighted by Gasteiger charge is -2.29. The van der Waals surface area contributed by atoms with Crippen molar-refractivity contribution in [2.75, 3.05) is 6.61 Å². The molecule has 0 heterocycles. The molecule has 0 bridgehead atoms. The molecular formula is C17H32OSi. The lowest BCUT2D eigenvalue weighted by atomic mass is 9.77. The zero-order chi connectivity index (χ0) is 14.1. The van der Waals surface area contributed by atoms with Crippen LogP contribution in [-0.2, 0) is 4.43 Å². The predicted molar refractivity (Wildman–Crippen MR) is 86.7 cm³/mol. The molecule has 0 radical (unpaired) electrons. The molecular weight excluding hydrogens is 248 g/mol. The van der Waals surface area contributed by atoms with Crippen LogP contribution in [0.25, 0.3) is 0 Å². The number of hydrogen-bond acceptors (Lipinski definition) is 1. The van der Waals surface area contributed by atoms with Gasteiger partial charge in [-0.25, -0.2) is 0 Å². The summed E-state index contributed by atoms with van der Waals surface area (Å²) in [6, 6.07) is 0. The minimum Gasteiger partial charge on any atom is -0.420 e. The Hall–Kier alpha value is -0.263. The van der Waals surface area contributed by atoms with Crippen LogP contribution in [0.4, 0.5) is 0 Å². The standard InChI is InChI=1S/C17H32OSi/c1-5-6-10-17(16-11-8-7-9-12-16)13-15(2)14-18-19(3)4/h15-17,19H,5,7-9,11-14H2,1-4H3. The van der Waals surface area contributed by atoms with Crippen molar-refractivity contribution in [1.82, 2.24) is 0 Å². The highest BCUT2D eigenvalue weighted by Gasteiger charge is 2.23. The van der Waals surface area contributed by atoms with E-state index in [9.17, 15) is 0 Å². The summed E-state index contributed by atoms with van der Waals surface area (Å²) in [5.41, 5.74) is 0. The van der Waals surface area contributed by atoms with Gasteiger partial charge in [-0.15, -0.1) is 5.92 Å². The van der Waals surface area contributed by atoms with Gasteiger partial charge in [-0.2, -0.15) is 0 Å². The van der Waals surface area contributed by atoms with Crippen molar-refractivity contribution in [2.45, 2.75) is 71.9 Å². The number of hydrogen-bond donors (Lipinski definition) is 0. The summed E-state index contributed by atoms with van der Waals surface area (Å²) in [6.07, 6.45) is 9.29. The van der Waals surface area contributed by atoms with Gasteiger partial charge in [-0.3, -0.25) is 0 Å². The Morgan fingerprint density at radius 3 is 2.47 bits per heavy atom. The van der Waals surface area contributed by atoms with Crippen LogP contribution in [0, 0.1) is 29.6 Å². The fraction of sp³-hybridized carbons (Fsp3) is 0.882. The van der Waals surface area contributed by atoms with Crippen LogP contribution in [0.15, 0.2) is 0 Å². The van der Waals surface area contributed by atoms with Gasteiger partial charge >= 0.3 is 0 Å². The van der Waals surface area contributed by atoms with Gasteiger partial charge in [-0.05, 0) is 44.2 Å². The van der Waals surface area contributed by atoms with Crippen LogP contribution in [-0.4, -0.2) is 15.6 Å². The lowest BCUT2D eigenvalue weighted by Crippen LogP contribution is -2.22. The van der Waals surface area contributed by atoms with E-state index in [4.69, 9.17) is 4.43 Å². The first-order chi connectivity index (χ1) is 9.13. The third-order valence-electron chi connectivity index (χ3n) is 4.05. The van der Waals surface area contributed by atoms with Crippen LogP contribution < -0.4 is 0 Å². The van der Waals surface area contributed by atoms with E-state index in [1.54, 1.807) is 0 Å². The van der Waals surface area contributed by atoms with Crippen molar-refractivity contribution in [1.29, 1.82) is 0 Å². The third kappa shape index (κ3) is 7.18. The molecule has 1 rings (SSSR count).